The van der Waals surface area contributed by atoms with Crippen molar-refractivity contribution in [2.75, 3.05) is 37.6 Å². The van der Waals surface area contributed by atoms with Crippen LogP contribution < -0.4 is 4.90 Å². The Morgan fingerprint density at radius 2 is 1.70 bits per heavy atom. The third kappa shape index (κ3) is 4.08. The number of rotatable bonds is 4. The number of piperazine rings is 1. The number of hydrogen-bond donors (Lipinski definition) is 0. The van der Waals surface area contributed by atoms with Gasteiger partial charge in [0.25, 0.3) is 0 Å². The van der Waals surface area contributed by atoms with Crippen LogP contribution in [0.1, 0.15) is 23.6 Å². The highest BCUT2D eigenvalue weighted by Crippen LogP contribution is 2.28. The Labute approximate surface area is 161 Å². The van der Waals surface area contributed by atoms with E-state index in [-0.39, 0.29) is 6.09 Å². The van der Waals surface area contributed by atoms with Crippen LogP contribution in [-0.4, -0.2) is 48.6 Å². The van der Waals surface area contributed by atoms with Crippen LogP contribution in [0.3, 0.4) is 0 Å². The molecule has 0 spiro atoms. The van der Waals surface area contributed by atoms with Crippen molar-refractivity contribution in [3.63, 3.8) is 0 Å². The summed E-state index contributed by atoms with van der Waals surface area (Å²) in [6.07, 6.45) is -0.242. The second-order valence-electron chi connectivity index (χ2n) is 7.27. The summed E-state index contributed by atoms with van der Waals surface area (Å²) in [5, 5.41) is 0. The van der Waals surface area contributed by atoms with Gasteiger partial charge in [0.1, 0.15) is 6.61 Å². The van der Waals surface area contributed by atoms with E-state index in [1.807, 2.05) is 30.3 Å². The van der Waals surface area contributed by atoms with Crippen molar-refractivity contribution in [3.8, 4) is 0 Å². The van der Waals surface area contributed by atoms with Crippen molar-refractivity contribution in [1.82, 2.24) is 9.80 Å². The van der Waals surface area contributed by atoms with Gasteiger partial charge in [-0.05, 0) is 35.4 Å². The molecule has 1 fully saturated rings. The highest BCUT2D eigenvalue weighted by molar-refractivity contribution is 5.69. The third-order valence-corrected chi connectivity index (χ3v) is 5.56. The van der Waals surface area contributed by atoms with E-state index in [9.17, 15) is 4.79 Å². The van der Waals surface area contributed by atoms with E-state index < -0.39 is 0 Å². The van der Waals surface area contributed by atoms with E-state index >= 15 is 0 Å². The zero-order valence-electron chi connectivity index (χ0n) is 15.9. The Bertz CT molecular complexity index is 785. The predicted molar refractivity (Wildman–Crippen MR) is 107 cm³/mol. The molecule has 4 rings (SSSR count). The Kier molecular flexibility index (Phi) is 5.30. The minimum absolute atomic E-state index is 0.242. The van der Waals surface area contributed by atoms with Crippen molar-refractivity contribution in [3.05, 3.63) is 65.2 Å². The van der Waals surface area contributed by atoms with E-state index in [1.165, 1.54) is 16.8 Å². The zero-order chi connectivity index (χ0) is 18.6. The van der Waals surface area contributed by atoms with Crippen LogP contribution in [0.2, 0.25) is 0 Å². The number of amides is 1. The Morgan fingerprint density at radius 1 is 0.963 bits per heavy atom. The molecule has 0 radical (unpaired) electrons. The molecule has 2 aliphatic rings. The van der Waals surface area contributed by atoms with Crippen molar-refractivity contribution >= 4 is 11.8 Å². The normalized spacial score (nSPS) is 17.1. The zero-order valence-corrected chi connectivity index (χ0v) is 15.9. The van der Waals surface area contributed by atoms with Crippen molar-refractivity contribution in [2.24, 2.45) is 0 Å². The number of fused-ring (bicyclic) bond motifs is 1. The summed E-state index contributed by atoms with van der Waals surface area (Å²) in [6, 6.07) is 16.4. The van der Waals surface area contributed by atoms with Gasteiger partial charge >= 0.3 is 6.09 Å². The maximum Gasteiger partial charge on any atom is 0.410 e. The highest BCUT2D eigenvalue weighted by atomic mass is 16.6. The number of nitrogens with zero attached hydrogens (tertiary/aromatic N) is 3. The number of hydrogen-bond acceptors (Lipinski definition) is 4. The summed E-state index contributed by atoms with van der Waals surface area (Å²) < 4.78 is 5.48. The fourth-order valence-electron chi connectivity index (χ4n) is 3.84. The molecule has 5 heteroatoms. The summed E-state index contributed by atoms with van der Waals surface area (Å²) in [5.41, 5.74) is 4.74. The van der Waals surface area contributed by atoms with Crippen LogP contribution in [0.15, 0.2) is 48.5 Å². The van der Waals surface area contributed by atoms with Gasteiger partial charge < -0.3 is 14.5 Å². The van der Waals surface area contributed by atoms with Gasteiger partial charge in [-0.25, -0.2) is 4.79 Å². The van der Waals surface area contributed by atoms with Gasteiger partial charge in [0.2, 0.25) is 0 Å². The topological polar surface area (TPSA) is 36.0 Å². The first-order chi connectivity index (χ1) is 13.2. The van der Waals surface area contributed by atoms with Crippen LogP contribution in [-0.2, 0) is 24.4 Å². The summed E-state index contributed by atoms with van der Waals surface area (Å²) in [6.45, 7) is 9.29. The van der Waals surface area contributed by atoms with Gasteiger partial charge in [0, 0.05) is 45.0 Å². The number of anilines is 1. The van der Waals surface area contributed by atoms with E-state index in [2.05, 4.69) is 34.9 Å². The number of carbonyl (C=O) groups is 1. The molecule has 5 nitrogen and oxygen atoms in total. The molecule has 2 heterocycles. The molecule has 27 heavy (non-hydrogen) atoms. The second kappa shape index (κ2) is 8.01. The van der Waals surface area contributed by atoms with Gasteiger partial charge in [0.15, 0.2) is 0 Å². The molecule has 0 aliphatic carbocycles. The minimum atomic E-state index is -0.242. The number of ether oxygens (including phenoxy) is 1. The number of benzene rings is 2. The molecule has 0 aromatic heterocycles. The molecular weight excluding hydrogens is 338 g/mol. The Morgan fingerprint density at radius 3 is 2.44 bits per heavy atom. The lowest BCUT2D eigenvalue weighted by atomic mass is 10.1. The van der Waals surface area contributed by atoms with Gasteiger partial charge in [0.05, 0.1) is 0 Å². The van der Waals surface area contributed by atoms with Crippen molar-refractivity contribution < 1.29 is 9.53 Å². The standard InChI is InChI=1S/C22H27N3O2/c1-2-23-10-12-24(13-11-23)21-9-8-19-15-25(16-20(19)14-21)22(26)27-17-18-6-4-3-5-7-18/h3-9,14H,2,10-13,15-17H2,1H3. The fraction of sp³-hybridized carbons (Fsp3) is 0.409. The first-order valence-electron chi connectivity index (χ1n) is 9.77. The highest BCUT2D eigenvalue weighted by Gasteiger charge is 2.26. The van der Waals surface area contributed by atoms with Gasteiger partial charge in [-0.3, -0.25) is 4.90 Å². The lowest BCUT2D eigenvalue weighted by Crippen LogP contribution is -2.46. The first kappa shape index (κ1) is 17.9. The maximum absolute atomic E-state index is 12.4. The second-order valence-corrected chi connectivity index (χ2v) is 7.27. The average molecular weight is 365 g/mol. The van der Waals surface area contributed by atoms with Crippen LogP contribution in [0.5, 0.6) is 0 Å². The number of carbonyl (C=O) groups excluding carboxylic acids is 1. The molecule has 1 amide bonds. The SMILES string of the molecule is CCN1CCN(c2ccc3c(c2)CN(C(=O)OCc2ccccc2)C3)CC1. The molecule has 0 saturated carbocycles. The van der Waals surface area contributed by atoms with Gasteiger partial charge in [-0.2, -0.15) is 0 Å². The first-order valence-corrected chi connectivity index (χ1v) is 9.77. The van der Waals surface area contributed by atoms with E-state index in [1.54, 1.807) is 4.90 Å². The predicted octanol–water partition coefficient (Wildman–Crippen LogP) is 3.48. The molecule has 2 aromatic carbocycles. The fourth-order valence-corrected chi connectivity index (χ4v) is 3.84. The van der Waals surface area contributed by atoms with Gasteiger partial charge in [-0.15, -0.1) is 0 Å². The molecule has 0 atom stereocenters. The Balaban J connectivity index is 1.35. The molecule has 1 saturated heterocycles. The summed E-state index contributed by atoms with van der Waals surface area (Å²) in [4.78, 5) is 19.1. The maximum atomic E-state index is 12.4. The number of likely N-dealkylation sites (N-methyl/N-ethyl adjacent to an activating group) is 1. The molecule has 0 N–H and O–H groups in total. The molecule has 0 bridgehead atoms. The summed E-state index contributed by atoms with van der Waals surface area (Å²) >= 11 is 0. The van der Waals surface area contributed by atoms with E-state index in [0.29, 0.717) is 19.7 Å². The quantitative estimate of drug-likeness (QED) is 0.831. The molecular formula is C22H27N3O2. The Hall–Kier alpha value is -2.53. The lowest BCUT2D eigenvalue weighted by Gasteiger charge is -2.35. The lowest BCUT2D eigenvalue weighted by molar-refractivity contribution is 0.0955. The molecule has 142 valence electrons. The molecule has 0 unspecified atom stereocenters. The minimum Gasteiger partial charge on any atom is -0.445 e. The van der Waals surface area contributed by atoms with E-state index in [0.717, 1.165) is 38.3 Å². The van der Waals surface area contributed by atoms with Gasteiger partial charge in [-0.1, -0.05) is 43.3 Å². The smallest absolute Gasteiger partial charge is 0.410 e. The third-order valence-electron chi connectivity index (χ3n) is 5.56. The van der Waals surface area contributed by atoms with Crippen LogP contribution in [0, 0.1) is 0 Å². The summed E-state index contributed by atoms with van der Waals surface area (Å²) in [7, 11) is 0. The van der Waals surface area contributed by atoms with Crippen molar-refractivity contribution in [2.45, 2.75) is 26.6 Å². The van der Waals surface area contributed by atoms with Crippen molar-refractivity contribution in [1.29, 1.82) is 0 Å². The largest absolute Gasteiger partial charge is 0.445 e. The average Bonchev–Trinajstić information content (AvgIpc) is 3.16. The monoisotopic (exact) mass is 365 g/mol. The molecule has 2 aliphatic heterocycles. The van der Waals surface area contributed by atoms with Crippen LogP contribution >= 0.6 is 0 Å². The van der Waals surface area contributed by atoms with Crippen LogP contribution in [0.4, 0.5) is 10.5 Å². The molecule has 2 aromatic rings. The summed E-state index contributed by atoms with van der Waals surface area (Å²) in [5.74, 6) is 0. The van der Waals surface area contributed by atoms with E-state index in [4.69, 9.17) is 4.74 Å². The van der Waals surface area contributed by atoms with Crippen LogP contribution in [0.25, 0.3) is 0 Å².